The van der Waals surface area contributed by atoms with Gasteiger partial charge >= 0.3 is 11.9 Å². The first-order valence-electron chi connectivity index (χ1n) is 6.86. The van der Waals surface area contributed by atoms with Crippen LogP contribution in [0.1, 0.15) is 40.0 Å². The molecule has 0 saturated carbocycles. The molecule has 0 aromatic heterocycles. The molecule has 0 aliphatic heterocycles. The van der Waals surface area contributed by atoms with Gasteiger partial charge in [0.2, 0.25) is 0 Å². The third kappa shape index (κ3) is 7.42. The van der Waals surface area contributed by atoms with Gasteiger partial charge in [-0.05, 0) is 40.0 Å². The minimum Gasteiger partial charge on any atom is -0.465 e. The van der Waals surface area contributed by atoms with Gasteiger partial charge in [0.25, 0.3) is 10.1 Å². The average Bonchev–Trinajstić information content (AvgIpc) is 2.37. The summed E-state index contributed by atoms with van der Waals surface area (Å²) in [5.74, 6) is -1.26. The van der Waals surface area contributed by atoms with Crippen molar-refractivity contribution in [2.24, 2.45) is 5.41 Å². The summed E-state index contributed by atoms with van der Waals surface area (Å²) in [5, 5.41) is 0. The molecule has 124 valence electrons. The van der Waals surface area contributed by atoms with Gasteiger partial charge in [0.15, 0.2) is 5.41 Å². The molecular formula is C13H24O7S. The first-order valence-corrected chi connectivity index (χ1v) is 8.68. The number of carbonyl (C=O) groups is 2. The molecule has 0 heterocycles. The number of hydrogen-bond donors (Lipinski definition) is 0. The molecule has 0 bridgehead atoms. The van der Waals surface area contributed by atoms with Crippen molar-refractivity contribution in [3.05, 3.63) is 0 Å². The lowest BCUT2D eigenvalue weighted by atomic mass is 9.85. The Morgan fingerprint density at radius 3 is 1.86 bits per heavy atom. The molecule has 0 fully saturated rings. The molecule has 0 spiro atoms. The van der Waals surface area contributed by atoms with Crippen LogP contribution in [-0.2, 0) is 33.4 Å². The van der Waals surface area contributed by atoms with Gasteiger partial charge < -0.3 is 9.47 Å². The predicted molar refractivity (Wildman–Crippen MR) is 76.0 cm³/mol. The highest BCUT2D eigenvalue weighted by molar-refractivity contribution is 7.85. The second-order valence-corrected chi connectivity index (χ2v) is 6.40. The van der Waals surface area contributed by atoms with Crippen LogP contribution in [0.2, 0.25) is 0 Å². The third-order valence-corrected chi connectivity index (χ3v) is 3.42. The van der Waals surface area contributed by atoms with Crippen LogP contribution in [0, 0.1) is 5.41 Å². The molecule has 0 amide bonds. The van der Waals surface area contributed by atoms with Gasteiger partial charge in [-0.15, -0.1) is 0 Å². The van der Waals surface area contributed by atoms with E-state index in [0.717, 1.165) is 6.26 Å². The van der Waals surface area contributed by atoms with Gasteiger partial charge in [-0.25, -0.2) is 0 Å². The number of rotatable bonds is 10. The Bertz CT molecular complexity index is 423. The minimum absolute atomic E-state index is 0.0144. The summed E-state index contributed by atoms with van der Waals surface area (Å²) in [6, 6.07) is 0. The lowest BCUT2D eigenvalue weighted by Crippen LogP contribution is -2.39. The van der Waals surface area contributed by atoms with E-state index in [1.807, 2.05) is 0 Å². The van der Waals surface area contributed by atoms with Crippen LogP contribution in [0.25, 0.3) is 0 Å². The van der Waals surface area contributed by atoms with Gasteiger partial charge in [0, 0.05) is 0 Å². The van der Waals surface area contributed by atoms with Crippen molar-refractivity contribution in [2.45, 2.75) is 40.0 Å². The first kappa shape index (κ1) is 19.9. The van der Waals surface area contributed by atoms with Crippen LogP contribution < -0.4 is 0 Å². The van der Waals surface area contributed by atoms with Crippen molar-refractivity contribution in [3.63, 3.8) is 0 Å². The van der Waals surface area contributed by atoms with Crippen LogP contribution in [0.5, 0.6) is 0 Å². The van der Waals surface area contributed by atoms with E-state index in [-0.39, 0.29) is 26.2 Å². The number of unbranched alkanes of at least 4 members (excludes halogenated alkanes) is 1. The topological polar surface area (TPSA) is 96.0 Å². The predicted octanol–water partition coefficient (Wildman–Crippen LogP) is 1.27. The van der Waals surface area contributed by atoms with Gasteiger partial charge in [0.1, 0.15) is 0 Å². The summed E-state index contributed by atoms with van der Waals surface area (Å²) in [5.41, 5.74) is -1.38. The minimum atomic E-state index is -3.47. The van der Waals surface area contributed by atoms with Crippen molar-refractivity contribution in [1.29, 1.82) is 0 Å². The Hall–Kier alpha value is -1.15. The van der Waals surface area contributed by atoms with E-state index >= 15 is 0 Å². The number of carbonyl (C=O) groups excluding carboxylic acids is 2. The lowest BCUT2D eigenvalue weighted by Gasteiger charge is -2.24. The van der Waals surface area contributed by atoms with Crippen LogP contribution in [-0.4, -0.2) is 46.4 Å². The Labute approximate surface area is 126 Å². The zero-order valence-electron chi connectivity index (χ0n) is 13.0. The summed E-state index contributed by atoms with van der Waals surface area (Å²) in [6.07, 6.45) is 2.01. The zero-order valence-corrected chi connectivity index (χ0v) is 13.8. The number of hydrogen-bond acceptors (Lipinski definition) is 7. The Kier molecular flexibility index (Phi) is 8.50. The van der Waals surface area contributed by atoms with E-state index in [2.05, 4.69) is 4.18 Å². The van der Waals surface area contributed by atoms with Crippen molar-refractivity contribution in [2.75, 3.05) is 26.1 Å². The van der Waals surface area contributed by atoms with Crippen molar-refractivity contribution < 1.29 is 31.7 Å². The van der Waals surface area contributed by atoms with E-state index < -0.39 is 27.5 Å². The number of ether oxygens (including phenoxy) is 2. The normalized spacial score (nSPS) is 12.0. The third-order valence-electron chi connectivity index (χ3n) is 2.82. The maximum atomic E-state index is 12.0. The van der Waals surface area contributed by atoms with Crippen molar-refractivity contribution in [3.8, 4) is 0 Å². The largest absolute Gasteiger partial charge is 0.465 e. The molecule has 0 atom stereocenters. The fourth-order valence-corrected chi connectivity index (χ4v) is 2.08. The molecular weight excluding hydrogens is 300 g/mol. The molecule has 0 unspecified atom stereocenters. The molecule has 8 heteroatoms. The smallest absolute Gasteiger partial charge is 0.323 e. The summed E-state index contributed by atoms with van der Waals surface area (Å²) in [4.78, 5) is 23.9. The SMILES string of the molecule is CCOC(=O)C(C)(CCCCOS(C)(=O)=O)C(=O)OCC. The van der Waals surface area contributed by atoms with E-state index in [1.165, 1.54) is 6.92 Å². The van der Waals surface area contributed by atoms with E-state index in [0.29, 0.717) is 12.8 Å². The van der Waals surface area contributed by atoms with Crippen molar-refractivity contribution in [1.82, 2.24) is 0 Å². The molecule has 0 rings (SSSR count). The van der Waals surface area contributed by atoms with E-state index in [1.54, 1.807) is 13.8 Å². The second kappa shape index (κ2) is 8.99. The molecule has 0 N–H and O–H groups in total. The Morgan fingerprint density at radius 1 is 1.00 bits per heavy atom. The number of esters is 2. The van der Waals surface area contributed by atoms with Gasteiger partial charge in [-0.2, -0.15) is 8.42 Å². The maximum absolute atomic E-state index is 12.0. The lowest BCUT2D eigenvalue weighted by molar-refractivity contribution is -0.171. The zero-order chi connectivity index (χ0) is 16.5. The average molecular weight is 324 g/mol. The van der Waals surface area contributed by atoms with Crippen LogP contribution >= 0.6 is 0 Å². The fraction of sp³-hybridized carbons (Fsp3) is 0.846. The standard InChI is InChI=1S/C13H24O7S/c1-5-18-11(14)13(3,12(15)19-6-2)9-7-8-10-20-21(4,16)17/h5-10H2,1-4H3. The molecule has 0 aromatic carbocycles. The Balaban J connectivity index is 4.55. The van der Waals surface area contributed by atoms with E-state index in [9.17, 15) is 18.0 Å². The first-order chi connectivity index (χ1) is 9.67. The quantitative estimate of drug-likeness (QED) is 0.258. The highest BCUT2D eigenvalue weighted by Crippen LogP contribution is 2.28. The summed E-state index contributed by atoms with van der Waals surface area (Å²) in [6.45, 7) is 5.14. The van der Waals surface area contributed by atoms with Crippen LogP contribution in [0.3, 0.4) is 0 Å². The monoisotopic (exact) mass is 324 g/mol. The molecule has 0 saturated heterocycles. The summed E-state index contributed by atoms with van der Waals surface area (Å²) in [7, 11) is -3.47. The second-order valence-electron chi connectivity index (χ2n) is 4.76. The maximum Gasteiger partial charge on any atom is 0.323 e. The van der Waals surface area contributed by atoms with Crippen LogP contribution in [0.4, 0.5) is 0 Å². The highest BCUT2D eigenvalue weighted by atomic mass is 32.2. The Morgan fingerprint density at radius 2 is 1.48 bits per heavy atom. The molecule has 21 heavy (non-hydrogen) atoms. The molecule has 7 nitrogen and oxygen atoms in total. The van der Waals surface area contributed by atoms with Crippen molar-refractivity contribution >= 4 is 22.1 Å². The van der Waals surface area contributed by atoms with E-state index in [4.69, 9.17) is 9.47 Å². The molecule has 0 aliphatic carbocycles. The summed E-state index contributed by atoms with van der Waals surface area (Å²) >= 11 is 0. The molecule has 0 aromatic rings. The van der Waals surface area contributed by atoms with Gasteiger partial charge in [0.05, 0.1) is 26.1 Å². The van der Waals surface area contributed by atoms with Gasteiger partial charge in [-0.3, -0.25) is 13.8 Å². The van der Waals surface area contributed by atoms with Crippen LogP contribution in [0.15, 0.2) is 0 Å². The van der Waals surface area contributed by atoms with Gasteiger partial charge in [-0.1, -0.05) is 0 Å². The molecule has 0 radical (unpaired) electrons. The summed E-state index contributed by atoms with van der Waals surface area (Å²) < 4.78 is 36.1. The fourth-order valence-electron chi connectivity index (χ4n) is 1.66. The molecule has 0 aliphatic rings. The highest BCUT2D eigenvalue weighted by Gasteiger charge is 2.43.